The molecule has 2 fully saturated rings. The number of hydrogen-bond donors (Lipinski definition) is 1. The number of carbonyl (C=O) groups excluding carboxylic acids is 1. The average Bonchev–Trinajstić information content (AvgIpc) is 3.02. The van der Waals surface area contributed by atoms with Crippen LogP contribution in [0.1, 0.15) is 31.2 Å². The van der Waals surface area contributed by atoms with Gasteiger partial charge in [0.05, 0.1) is 4.90 Å². The first-order valence-corrected chi connectivity index (χ1v) is 9.51. The van der Waals surface area contributed by atoms with Crippen LogP contribution in [0.3, 0.4) is 0 Å². The Labute approximate surface area is 129 Å². The Morgan fingerprint density at radius 3 is 2.57 bits per heavy atom. The van der Waals surface area contributed by atoms with Crippen LogP contribution in [0.25, 0.3) is 0 Å². The SMILES string of the molecule is Cc1cc(S(=O)(=O)Cl)ccc1NC(=O)C1CC2CCC1C2. The fourth-order valence-corrected chi connectivity index (χ4v) is 4.56. The Hall–Kier alpha value is -1.07. The van der Waals surface area contributed by atoms with E-state index in [4.69, 9.17) is 10.7 Å². The molecule has 6 heteroatoms. The van der Waals surface area contributed by atoms with Crippen molar-refractivity contribution in [2.45, 2.75) is 37.5 Å². The van der Waals surface area contributed by atoms with Crippen LogP contribution < -0.4 is 5.32 Å². The molecule has 2 saturated carbocycles. The Bertz CT molecular complexity index is 686. The third kappa shape index (κ3) is 2.94. The van der Waals surface area contributed by atoms with Gasteiger partial charge < -0.3 is 5.32 Å². The van der Waals surface area contributed by atoms with Crippen molar-refractivity contribution in [3.63, 3.8) is 0 Å². The highest BCUT2D eigenvalue weighted by atomic mass is 35.7. The molecule has 114 valence electrons. The van der Waals surface area contributed by atoms with Gasteiger partial charge in [-0.1, -0.05) is 6.42 Å². The molecule has 2 aliphatic rings. The minimum Gasteiger partial charge on any atom is -0.326 e. The Morgan fingerprint density at radius 1 is 1.29 bits per heavy atom. The number of hydrogen-bond acceptors (Lipinski definition) is 3. The van der Waals surface area contributed by atoms with Gasteiger partial charge in [0.25, 0.3) is 9.05 Å². The van der Waals surface area contributed by atoms with Gasteiger partial charge in [0.15, 0.2) is 0 Å². The second-order valence-corrected chi connectivity index (χ2v) is 8.75. The lowest BCUT2D eigenvalue weighted by atomic mass is 9.88. The highest BCUT2D eigenvalue weighted by Crippen LogP contribution is 2.48. The van der Waals surface area contributed by atoms with Gasteiger partial charge in [-0.2, -0.15) is 0 Å². The molecular weight excluding hydrogens is 310 g/mol. The van der Waals surface area contributed by atoms with Crippen LogP contribution >= 0.6 is 10.7 Å². The second kappa shape index (κ2) is 5.29. The molecule has 0 radical (unpaired) electrons. The fourth-order valence-electron chi connectivity index (χ4n) is 3.72. The summed E-state index contributed by atoms with van der Waals surface area (Å²) in [6.07, 6.45) is 4.59. The summed E-state index contributed by atoms with van der Waals surface area (Å²) >= 11 is 0. The highest BCUT2D eigenvalue weighted by molar-refractivity contribution is 8.13. The molecular formula is C15H18ClNO3S. The quantitative estimate of drug-likeness (QED) is 0.866. The summed E-state index contributed by atoms with van der Waals surface area (Å²) in [4.78, 5) is 12.4. The predicted octanol–water partition coefficient (Wildman–Crippen LogP) is 3.30. The second-order valence-electron chi connectivity index (χ2n) is 6.19. The summed E-state index contributed by atoms with van der Waals surface area (Å²) in [5, 5.41) is 2.94. The molecule has 0 saturated heterocycles. The third-order valence-electron chi connectivity index (χ3n) is 4.81. The number of rotatable bonds is 3. The minimum atomic E-state index is -3.73. The van der Waals surface area contributed by atoms with Gasteiger partial charge in [-0.25, -0.2) is 8.42 Å². The van der Waals surface area contributed by atoms with Gasteiger partial charge in [0, 0.05) is 22.3 Å². The molecule has 1 amide bonds. The highest BCUT2D eigenvalue weighted by Gasteiger charge is 2.43. The van der Waals surface area contributed by atoms with Crippen LogP contribution in [-0.2, 0) is 13.8 Å². The van der Waals surface area contributed by atoms with Crippen molar-refractivity contribution in [1.82, 2.24) is 0 Å². The summed E-state index contributed by atoms with van der Waals surface area (Å²) in [7, 11) is 1.59. The van der Waals surface area contributed by atoms with E-state index < -0.39 is 9.05 Å². The van der Waals surface area contributed by atoms with Gasteiger partial charge in [-0.15, -0.1) is 0 Å². The zero-order valence-electron chi connectivity index (χ0n) is 11.8. The Morgan fingerprint density at radius 2 is 2.05 bits per heavy atom. The molecule has 4 nitrogen and oxygen atoms in total. The minimum absolute atomic E-state index is 0.0552. The third-order valence-corrected chi connectivity index (χ3v) is 6.16. The van der Waals surface area contributed by atoms with Crippen LogP contribution in [0.2, 0.25) is 0 Å². The van der Waals surface area contributed by atoms with Gasteiger partial charge >= 0.3 is 0 Å². The molecule has 1 aromatic carbocycles. The topological polar surface area (TPSA) is 63.2 Å². The fraction of sp³-hybridized carbons (Fsp3) is 0.533. The van der Waals surface area contributed by atoms with Crippen LogP contribution in [0.4, 0.5) is 5.69 Å². The number of nitrogens with one attached hydrogen (secondary N) is 1. The van der Waals surface area contributed by atoms with E-state index in [-0.39, 0.29) is 16.7 Å². The number of benzene rings is 1. The molecule has 0 aromatic heterocycles. The van der Waals surface area contributed by atoms with E-state index in [1.807, 2.05) is 0 Å². The molecule has 21 heavy (non-hydrogen) atoms. The Kier molecular flexibility index (Phi) is 3.74. The first kappa shape index (κ1) is 14.9. The number of fused-ring (bicyclic) bond motifs is 2. The van der Waals surface area contributed by atoms with Gasteiger partial charge in [0.1, 0.15) is 0 Å². The average molecular weight is 328 g/mol. The summed E-state index contributed by atoms with van der Waals surface area (Å²) in [5.41, 5.74) is 1.36. The van der Waals surface area contributed by atoms with Gasteiger partial charge in [-0.05, 0) is 61.8 Å². The monoisotopic (exact) mass is 327 g/mol. The molecule has 0 spiro atoms. The lowest BCUT2D eigenvalue weighted by molar-refractivity contribution is -0.121. The zero-order valence-corrected chi connectivity index (χ0v) is 13.4. The molecule has 3 atom stereocenters. The van der Waals surface area contributed by atoms with E-state index in [0.29, 0.717) is 17.2 Å². The van der Waals surface area contributed by atoms with E-state index in [0.717, 1.165) is 18.8 Å². The van der Waals surface area contributed by atoms with Gasteiger partial charge in [0.2, 0.25) is 5.91 Å². The molecule has 2 aliphatic carbocycles. The van der Waals surface area contributed by atoms with E-state index in [1.165, 1.54) is 25.0 Å². The first-order valence-electron chi connectivity index (χ1n) is 7.21. The first-order chi connectivity index (χ1) is 9.84. The number of amides is 1. The normalized spacial score (nSPS) is 27.8. The van der Waals surface area contributed by atoms with Crippen LogP contribution in [-0.4, -0.2) is 14.3 Å². The van der Waals surface area contributed by atoms with Crippen LogP contribution in [0.5, 0.6) is 0 Å². The molecule has 2 bridgehead atoms. The van der Waals surface area contributed by atoms with Crippen LogP contribution in [0.15, 0.2) is 23.1 Å². The summed E-state index contributed by atoms with van der Waals surface area (Å²) < 4.78 is 22.6. The predicted molar refractivity (Wildman–Crippen MR) is 81.8 cm³/mol. The molecule has 1 aromatic rings. The largest absolute Gasteiger partial charge is 0.326 e. The molecule has 1 N–H and O–H groups in total. The lowest BCUT2D eigenvalue weighted by Gasteiger charge is -2.21. The van der Waals surface area contributed by atoms with Crippen LogP contribution in [0, 0.1) is 24.7 Å². The summed E-state index contributed by atoms with van der Waals surface area (Å²) in [6, 6.07) is 4.51. The molecule has 3 unspecified atom stereocenters. The van der Waals surface area contributed by atoms with Crippen molar-refractivity contribution >= 4 is 31.3 Å². The van der Waals surface area contributed by atoms with Crippen molar-refractivity contribution in [2.24, 2.45) is 17.8 Å². The van der Waals surface area contributed by atoms with Gasteiger partial charge in [-0.3, -0.25) is 4.79 Å². The summed E-state index contributed by atoms with van der Waals surface area (Å²) in [5.74, 6) is 1.42. The maximum Gasteiger partial charge on any atom is 0.261 e. The van der Waals surface area contributed by atoms with E-state index in [9.17, 15) is 13.2 Å². The van der Waals surface area contributed by atoms with E-state index in [2.05, 4.69) is 5.32 Å². The molecule has 3 rings (SSSR count). The van der Waals surface area contributed by atoms with Crippen molar-refractivity contribution < 1.29 is 13.2 Å². The molecule has 0 aliphatic heterocycles. The number of carbonyl (C=O) groups is 1. The standard InChI is InChI=1S/C15H18ClNO3S/c1-9-6-12(21(16,19)20)4-5-14(9)17-15(18)13-8-10-2-3-11(13)7-10/h4-6,10-11,13H,2-3,7-8H2,1H3,(H,17,18). The van der Waals surface area contributed by atoms with E-state index >= 15 is 0 Å². The number of aryl methyl sites for hydroxylation is 1. The van der Waals surface area contributed by atoms with Crippen molar-refractivity contribution in [2.75, 3.05) is 5.32 Å². The Balaban J connectivity index is 1.75. The number of halogens is 1. The smallest absolute Gasteiger partial charge is 0.261 e. The maximum atomic E-state index is 12.4. The van der Waals surface area contributed by atoms with E-state index in [1.54, 1.807) is 13.0 Å². The summed E-state index contributed by atoms with van der Waals surface area (Å²) in [6.45, 7) is 1.77. The van der Waals surface area contributed by atoms with Crippen molar-refractivity contribution in [3.05, 3.63) is 23.8 Å². The maximum absolute atomic E-state index is 12.4. The zero-order chi connectivity index (χ0) is 15.2. The number of anilines is 1. The lowest BCUT2D eigenvalue weighted by Crippen LogP contribution is -2.27. The van der Waals surface area contributed by atoms with Crippen molar-refractivity contribution in [1.29, 1.82) is 0 Å². The van der Waals surface area contributed by atoms with Crippen molar-refractivity contribution in [3.8, 4) is 0 Å². The molecule has 0 heterocycles.